The molecular weight excluding hydrogens is 274 g/mol. The molecule has 4 nitrogen and oxygen atoms in total. The van der Waals surface area contributed by atoms with E-state index < -0.39 is 17.7 Å². The third kappa shape index (κ3) is 3.65. The average Bonchev–Trinajstić information content (AvgIpc) is 2.93. The summed E-state index contributed by atoms with van der Waals surface area (Å²) in [6, 6.07) is 5.23. The van der Waals surface area contributed by atoms with Crippen LogP contribution in [0.25, 0.3) is 0 Å². The number of nitrogens with zero attached hydrogens (tertiary/aromatic N) is 2. The molecule has 0 saturated heterocycles. The summed E-state index contributed by atoms with van der Waals surface area (Å²) in [6.07, 6.45) is 3.31. The Morgan fingerprint density at radius 1 is 1.33 bits per heavy atom. The molecule has 2 aromatic rings. The fourth-order valence-corrected chi connectivity index (χ4v) is 2.17. The second-order valence-electron chi connectivity index (χ2n) is 5.13. The summed E-state index contributed by atoms with van der Waals surface area (Å²) in [6.45, 7) is 4.17. The number of nitrogens with two attached hydrogens (primary N) is 1. The molecule has 2 atom stereocenters. The summed E-state index contributed by atoms with van der Waals surface area (Å²) >= 11 is 0. The number of aromatic nitrogens is 2. The predicted octanol–water partition coefficient (Wildman–Crippen LogP) is 2.88. The third-order valence-electron chi connectivity index (χ3n) is 3.66. The van der Waals surface area contributed by atoms with Gasteiger partial charge in [0.05, 0.1) is 11.7 Å². The second kappa shape index (κ2) is 6.78. The quantitative estimate of drug-likeness (QED) is 0.636. The molecule has 2 rings (SSSR count). The molecule has 0 spiro atoms. The zero-order valence-corrected chi connectivity index (χ0v) is 12.2. The summed E-state index contributed by atoms with van der Waals surface area (Å²) < 4.78 is 28.7. The van der Waals surface area contributed by atoms with Gasteiger partial charge in [-0.1, -0.05) is 13.0 Å². The summed E-state index contributed by atoms with van der Waals surface area (Å²) in [5, 5.41) is 4.47. The first-order chi connectivity index (χ1) is 10.0. The number of nitrogens with one attached hydrogen (secondary N) is 1. The Hall–Kier alpha value is -1.79. The first kappa shape index (κ1) is 15.6. The predicted molar refractivity (Wildman–Crippen MR) is 77.4 cm³/mol. The van der Waals surface area contributed by atoms with Crippen LogP contribution in [0.15, 0.2) is 30.5 Å². The third-order valence-corrected chi connectivity index (χ3v) is 3.66. The van der Waals surface area contributed by atoms with Gasteiger partial charge in [-0.2, -0.15) is 5.10 Å². The highest BCUT2D eigenvalue weighted by molar-refractivity contribution is 5.23. The highest BCUT2D eigenvalue weighted by Crippen LogP contribution is 2.21. The van der Waals surface area contributed by atoms with Crippen molar-refractivity contribution in [2.75, 3.05) is 0 Å². The van der Waals surface area contributed by atoms with E-state index in [1.807, 2.05) is 16.9 Å². The van der Waals surface area contributed by atoms with Gasteiger partial charge in [-0.3, -0.25) is 16.0 Å². The Morgan fingerprint density at radius 3 is 2.71 bits per heavy atom. The number of benzene rings is 1. The van der Waals surface area contributed by atoms with Crippen molar-refractivity contribution in [1.29, 1.82) is 0 Å². The molecule has 0 aliphatic rings. The molecule has 1 heterocycles. The zero-order chi connectivity index (χ0) is 15.4. The molecule has 1 aromatic heterocycles. The van der Waals surface area contributed by atoms with E-state index in [-0.39, 0.29) is 0 Å². The van der Waals surface area contributed by atoms with Gasteiger partial charge in [0.15, 0.2) is 0 Å². The largest absolute Gasteiger partial charge is 0.271 e. The minimum Gasteiger partial charge on any atom is -0.271 e. The van der Waals surface area contributed by atoms with Gasteiger partial charge in [0.2, 0.25) is 0 Å². The smallest absolute Gasteiger partial charge is 0.130 e. The van der Waals surface area contributed by atoms with E-state index in [2.05, 4.69) is 24.4 Å². The van der Waals surface area contributed by atoms with E-state index >= 15 is 0 Å². The maximum absolute atomic E-state index is 13.8. The molecular formula is C15H20F2N4. The number of rotatable bonds is 6. The lowest BCUT2D eigenvalue weighted by atomic mass is 10.0. The van der Waals surface area contributed by atoms with Crippen LogP contribution in [0.3, 0.4) is 0 Å². The minimum atomic E-state index is -0.612. The summed E-state index contributed by atoms with van der Waals surface area (Å²) in [7, 11) is 0. The van der Waals surface area contributed by atoms with Crippen LogP contribution in [-0.4, -0.2) is 9.78 Å². The SMILES string of the molecule is CCC(C)n1ccc(CC(NN)c2ccc(F)cc2F)n1. The van der Waals surface area contributed by atoms with Gasteiger partial charge in [-0.05, 0) is 25.5 Å². The van der Waals surface area contributed by atoms with E-state index in [0.29, 0.717) is 18.0 Å². The van der Waals surface area contributed by atoms with Crippen LogP contribution in [0.2, 0.25) is 0 Å². The fraction of sp³-hybridized carbons (Fsp3) is 0.400. The van der Waals surface area contributed by atoms with Crippen molar-refractivity contribution in [3.8, 4) is 0 Å². The van der Waals surface area contributed by atoms with Gasteiger partial charge in [0.1, 0.15) is 11.6 Å². The van der Waals surface area contributed by atoms with Crippen molar-refractivity contribution in [2.24, 2.45) is 5.84 Å². The van der Waals surface area contributed by atoms with Crippen molar-refractivity contribution >= 4 is 0 Å². The van der Waals surface area contributed by atoms with Crippen LogP contribution in [0.1, 0.15) is 43.6 Å². The number of hydrazine groups is 1. The lowest BCUT2D eigenvalue weighted by molar-refractivity contribution is 0.462. The topological polar surface area (TPSA) is 55.9 Å². The average molecular weight is 294 g/mol. The van der Waals surface area contributed by atoms with Gasteiger partial charge in [0, 0.05) is 30.3 Å². The highest BCUT2D eigenvalue weighted by atomic mass is 19.1. The molecule has 0 amide bonds. The van der Waals surface area contributed by atoms with E-state index in [0.717, 1.165) is 18.2 Å². The Morgan fingerprint density at radius 2 is 2.10 bits per heavy atom. The van der Waals surface area contributed by atoms with Crippen LogP contribution >= 0.6 is 0 Å². The Balaban J connectivity index is 2.17. The fourth-order valence-electron chi connectivity index (χ4n) is 2.17. The van der Waals surface area contributed by atoms with Crippen LogP contribution in [0.4, 0.5) is 8.78 Å². The van der Waals surface area contributed by atoms with Crippen molar-refractivity contribution in [3.05, 3.63) is 53.4 Å². The molecule has 0 aliphatic heterocycles. The van der Waals surface area contributed by atoms with Crippen LogP contribution in [0, 0.1) is 11.6 Å². The standard InChI is InChI=1S/C15H20F2N4/c1-3-10(2)21-7-6-12(20-21)9-15(19-18)13-5-4-11(16)8-14(13)17/h4-8,10,15,19H,3,9,18H2,1-2H3. The molecule has 0 radical (unpaired) electrons. The first-order valence-corrected chi connectivity index (χ1v) is 7.00. The van der Waals surface area contributed by atoms with Gasteiger partial charge < -0.3 is 0 Å². The van der Waals surface area contributed by atoms with Gasteiger partial charge >= 0.3 is 0 Å². The maximum atomic E-state index is 13.8. The number of hydrogen-bond acceptors (Lipinski definition) is 3. The monoisotopic (exact) mass is 294 g/mol. The first-order valence-electron chi connectivity index (χ1n) is 7.00. The molecule has 2 unspecified atom stereocenters. The molecule has 6 heteroatoms. The van der Waals surface area contributed by atoms with Crippen molar-refractivity contribution in [2.45, 2.75) is 38.8 Å². The van der Waals surface area contributed by atoms with Crippen LogP contribution in [0.5, 0.6) is 0 Å². The molecule has 1 aromatic carbocycles. The molecule has 0 bridgehead atoms. The summed E-state index contributed by atoms with van der Waals surface area (Å²) in [5.41, 5.74) is 3.71. The van der Waals surface area contributed by atoms with Crippen molar-refractivity contribution in [3.63, 3.8) is 0 Å². The Labute approximate surface area is 122 Å². The summed E-state index contributed by atoms with van der Waals surface area (Å²) in [5.74, 6) is 4.29. The minimum absolute atomic E-state index is 0.311. The normalized spacial score (nSPS) is 14.1. The van der Waals surface area contributed by atoms with E-state index in [1.165, 1.54) is 12.1 Å². The van der Waals surface area contributed by atoms with Crippen molar-refractivity contribution in [1.82, 2.24) is 15.2 Å². The van der Waals surface area contributed by atoms with Crippen molar-refractivity contribution < 1.29 is 8.78 Å². The Bertz CT molecular complexity index is 597. The second-order valence-corrected chi connectivity index (χ2v) is 5.13. The molecule has 0 aliphatic carbocycles. The molecule has 0 saturated carbocycles. The van der Waals surface area contributed by atoms with E-state index in [4.69, 9.17) is 5.84 Å². The zero-order valence-electron chi connectivity index (χ0n) is 12.2. The molecule has 3 N–H and O–H groups in total. The molecule has 114 valence electrons. The highest BCUT2D eigenvalue weighted by Gasteiger charge is 2.17. The number of hydrogen-bond donors (Lipinski definition) is 2. The Kier molecular flexibility index (Phi) is 5.03. The lowest BCUT2D eigenvalue weighted by Gasteiger charge is -2.16. The van der Waals surface area contributed by atoms with Gasteiger partial charge in [-0.25, -0.2) is 8.78 Å². The molecule has 0 fully saturated rings. The molecule has 21 heavy (non-hydrogen) atoms. The lowest BCUT2D eigenvalue weighted by Crippen LogP contribution is -2.30. The van der Waals surface area contributed by atoms with Gasteiger partial charge in [-0.15, -0.1) is 0 Å². The number of halogens is 2. The van der Waals surface area contributed by atoms with E-state index in [1.54, 1.807) is 0 Å². The summed E-state index contributed by atoms with van der Waals surface area (Å²) in [4.78, 5) is 0. The van der Waals surface area contributed by atoms with Crippen LogP contribution < -0.4 is 11.3 Å². The van der Waals surface area contributed by atoms with E-state index in [9.17, 15) is 8.78 Å². The maximum Gasteiger partial charge on any atom is 0.130 e. The van der Waals surface area contributed by atoms with Gasteiger partial charge in [0.25, 0.3) is 0 Å². The van der Waals surface area contributed by atoms with Crippen LogP contribution in [-0.2, 0) is 6.42 Å².